The Morgan fingerprint density at radius 3 is 2.63 bits per heavy atom. The molecule has 1 aromatic carbocycles. The summed E-state index contributed by atoms with van der Waals surface area (Å²) in [4.78, 5) is 22.5. The molecular formula is C14H17ClN2O2. The fraction of sp³-hybridized carbons (Fsp3) is 0.429. The summed E-state index contributed by atoms with van der Waals surface area (Å²) in [6, 6.07) is 5.56. The quantitative estimate of drug-likeness (QED) is 0.867. The van der Waals surface area contributed by atoms with Gasteiger partial charge in [0.2, 0.25) is 11.8 Å². The van der Waals surface area contributed by atoms with Crippen LogP contribution in [0, 0.1) is 5.92 Å². The van der Waals surface area contributed by atoms with Crippen molar-refractivity contribution >= 4 is 23.4 Å². The van der Waals surface area contributed by atoms with Gasteiger partial charge in [-0.25, -0.2) is 0 Å². The number of amides is 2. The molecule has 19 heavy (non-hydrogen) atoms. The number of carbonyl (C=O) groups excluding carboxylic acids is 2. The summed E-state index contributed by atoms with van der Waals surface area (Å²) in [6.45, 7) is 2.38. The lowest BCUT2D eigenvalue weighted by Gasteiger charge is -2.09. The molecule has 1 aromatic rings. The zero-order valence-electron chi connectivity index (χ0n) is 10.8. The van der Waals surface area contributed by atoms with E-state index in [0.29, 0.717) is 18.1 Å². The summed E-state index contributed by atoms with van der Waals surface area (Å²) in [7, 11) is 0. The van der Waals surface area contributed by atoms with Gasteiger partial charge in [0.1, 0.15) is 0 Å². The summed E-state index contributed by atoms with van der Waals surface area (Å²) >= 11 is 6.10. The SMILES string of the molecule is CC(=O)NCc1ccc(Cl)c(CNC(=O)C2CC2)c1. The highest BCUT2D eigenvalue weighted by Gasteiger charge is 2.29. The van der Waals surface area contributed by atoms with Crippen LogP contribution in [0.15, 0.2) is 18.2 Å². The van der Waals surface area contributed by atoms with E-state index in [9.17, 15) is 9.59 Å². The van der Waals surface area contributed by atoms with Crippen LogP contribution in [0.5, 0.6) is 0 Å². The molecule has 2 rings (SSSR count). The van der Waals surface area contributed by atoms with E-state index in [0.717, 1.165) is 24.0 Å². The number of benzene rings is 1. The lowest BCUT2D eigenvalue weighted by atomic mass is 10.1. The molecule has 0 atom stereocenters. The Hall–Kier alpha value is -1.55. The Kier molecular flexibility index (Phi) is 4.43. The minimum atomic E-state index is -0.0708. The molecule has 102 valence electrons. The molecule has 0 spiro atoms. The topological polar surface area (TPSA) is 58.2 Å². The molecule has 1 aliphatic rings. The van der Waals surface area contributed by atoms with Crippen LogP contribution in [0.1, 0.15) is 30.9 Å². The second kappa shape index (κ2) is 6.06. The van der Waals surface area contributed by atoms with E-state index in [1.54, 1.807) is 6.07 Å². The van der Waals surface area contributed by atoms with Crippen LogP contribution in [0.25, 0.3) is 0 Å². The predicted octanol–water partition coefficient (Wildman–Crippen LogP) is 2.00. The maximum Gasteiger partial charge on any atom is 0.223 e. The number of hydrogen-bond acceptors (Lipinski definition) is 2. The minimum absolute atomic E-state index is 0.0708. The van der Waals surface area contributed by atoms with Crippen LogP contribution < -0.4 is 10.6 Å². The molecule has 0 bridgehead atoms. The van der Waals surface area contributed by atoms with Gasteiger partial charge < -0.3 is 10.6 Å². The zero-order chi connectivity index (χ0) is 13.8. The smallest absolute Gasteiger partial charge is 0.223 e. The molecule has 1 aliphatic carbocycles. The Balaban J connectivity index is 1.95. The summed E-state index contributed by atoms with van der Waals surface area (Å²) in [5.74, 6) is 0.225. The standard InChI is InChI=1S/C14H17ClN2O2/c1-9(18)16-7-10-2-5-13(15)12(6-10)8-17-14(19)11-3-4-11/h2,5-6,11H,3-4,7-8H2,1H3,(H,16,18)(H,17,19). The Bertz CT molecular complexity index is 498. The van der Waals surface area contributed by atoms with Gasteiger partial charge in [-0.15, -0.1) is 0 Å². The molecule has 5 heteroatoms. The third-order valence-electron chi connectivity index (χ3n) is 3.05. The van der Waals surface area contributed by atoms with Crippen LogP contribution in [-0.4, -0.2) is 11.8 Å². The summed E-state index contributed by atoms with van der Waals surface area (Å²) < 4.78 is 0. The Labute approximate surface area is 117 Å². The van der Waals surface area contributed by atoms with Crippen molar-refractivity contribution < 1.29 is 9.59 Å². The largest absolute Gasteiger partial charge is 0.352 e. The van der Waals surface area contributed by atoms with Crippen molar-refractivity contribution in [3.63, 3.8) is 0 Å². The summed E-state index contributed by atoms with van der Waals surface area (Å²) in [6.07, 6.45) is 1.98. The van der Waals surface area contributed by atoms with Gasteiger partial charge in [-0.2, -0.15) is 0 Å². The van der Waals surface area contributed by atoms with E-state index in [1.165, 1.54) is 6.92 Å². The van der Waals surface area contributed by atoms with Crippen molar-refractivity contribution in [2.45, 2.75) is 32.9 Å². The van der Waals surface area contributed by atoms with Crippen molar-refractivity contribution in [1.29, 1.82) is 0 Å². The number of halogens is 1. The normalized spacial score (nSPS) is 14.0. The molecule has 0 heterocycles. The second-order valence-electron chi connectivity index (χ2n) is 4.83. The first-order valence-corrected chi connectivity index (χ1v) is 6.73. The Morgan fingerprint density at radius 1 is 1.26 bits per heavy atom. The molecule has 0 aliphatic heterocycles. The van der Waals surface area contributed by atoms with Gasteiger partial charge in [0.25, 0.3) is 0 Å². The molecule has 2 amide bonds. The molecule has 0 unspecified atom stereocenters. The van der Waals surface area contributed by atoms with Crippen LogP contribution in [0.4, 0.5) is 0 Å². The highest BCUT2D eigenvalue weighted by atomic mass is 35.5. The van der Waals surface area contributed by atoms with Crippen molar-refractivity contribution in [3.05, 3.63) is 34.3 Å². The fourth-order valence-corrected chi connectivity index (χ4v) is 1.96. The van der Waals surface area contributed by atoms with Gasteiger partial charge >= 0.3 is 0 Å². The fourth-order valence-electron chi connectivity index (χ4n) is 1.77. The van der Waals surface area contributed by atoms with Crippen LogP contribution in [-0.2, 0) is 22.7 Å². The molecule has 4 nitrogen and oxygen atoms in total. The number of hydrogen-bond donors (Lipinski definition) is 2. The van der Waals surface area contributed by atoms with E-state index in [2.05, 4.69) is 10.6 Å². The van der Waals surface area contributed by atoms with E-state index >= 15 is 0 Å². The monoisotopic (exact) mass is 280 g/mol. The lowest BCUT2D eigenvalue weighted by molar-refractivity contribution is -0.122. The third-order valence-corrected chi connectivity index (χ3v) is 3.42. The van der Waals surface area contributed by atoms with Gasteiger partial charge in [-0.3, -0.25) is 9.59 Å². The van der Waals surface area contributed by atoms with Crippen LogP contribution in [0.3, 0.4) is 0 Å². The van der Waals surface area contributed by atoms with E-state index in [4.69, 9.17) is 11.6 Å². The molecular weight excluding hydrogens is 264 g/mol. The molecule has 2 N–H and O–H groups in total. The van der Waals surface area contributed by atoms with Crippen LogP contribution >= 0.6 is 11.6 Å². The zero-order valence-corrected chi connectivity index (χ0v) is 11.6. The number of rotatable bonds is 5. The van der Waals surface area contributed by atoms with Crippen molar-refractivity contribution in [1.82, 2.24) is 10.6 Å². The predicted molar refractivity (Wildman–Crippen MR) is 73.5 cm³/mol. The molecule has 1 fully saturated rings. The van der Waals surface area contributed by atoms with E-state index < -0.39 is 0 Å². The Morgan fingerprint density at radius 2 is 2.00 bits per heavy atom. The molecule has 0 aromatic heterocycles. The minimum Gasteiger partial charge on any atom is -0.352 e. The van der Waals surface area contributed by atoms with Gasteiger partial charge in [-0.05, 0) is 30.0 Å². The average Bonchev–Trinajstić information content (AvgIpc) is 3.20. The van der Waals surface area contributed by atoms with E-state index in [-0.39, 0.29) is 17.7 Å². The first-order valence-electron chi connectivity index (χ1n) is 6.35. The molecule has 0 radical (unpaired) electrons. The maximum atomic E-state index is 11.6. The van der Waals surface area contributed by atoms with Gasteiger partial charge in [0, 0.05) is 31.0 Å². The summed E-state index contributed by atoms with van der Waals surface area (Å²) in [5.41, 5.74) is 1.84. The van der Waals surface area contributed by atoms with Gasteiger partial charge in [-0.1, -0.05) is 23.7 Å². The highest BCUT2D eigenvalue weighted by molar-refractivity contribution is 6.31. The van der Waals surface area contributed by atoms with Crippen molar-refractivity contribution in [2.24, 2.45) is 5.92 Å². The number of carbonyl (C=O) groups is 2. The highest BCUT2D eigenvalue weighted by Crippen LogP contribution is 2.29. The van der Waals surface area contributed by atoms with Crippen molar-refractivity contribution in [3.8, 4) is 0 Å². The van der Waals surface area contributed by atoms with Crippen molar-refractivity contribution in [2.75, 3.05) is 0 Å². The first-order chi connectivity index (χ1) is 9.06. The van der Waals surface area contributed by atoms with Gasteiger partial charge in [0.15, 0.2) is 0 Å². The molecule has 0 saturated heterocycles. The van der Waals surface area contributed by atoms with E-state index in [1.807, 2.05) is 12.1 Å². The lowest BCUT2D eigenvalue weighted by Crippen LogP contribution is -2.24. The maximum absolute atomic E-state index is 11.6. The van der Waals surface area contributed by atoms with Crippen LogP contribution in [0.2, 0.25) is 5.02 Å². The average molecular weight is 281 g/mol. The number of nitrogens with one attached hydrogen (secondary N) is 2. The second-order valence-corrected chi connectivity index (χ2v) is 5.23. The first kappa shape index (κ1) is 13.9. The third kappa shape index (κ3) is 4.24. The molecule has 1 saturated carbocycles. The van der Waals surface area contributed by atoms with Gasteiger partial charge in [0.05, 0.1) is 0 Å². The summed E-state index contributed by atoms with van der Waals surface area (Å²) in [5, 5.41) is 6.24.